The second-order valence-corrected chi connectivity index (χ2v) is 9.15. The maximum absolute atomic E-state index is 13.2. The normalized spacial score (nSPS) is 20.0. The number of non-ortho nitro benzene ring substituents is 1. The van der Waals surface area contributed by atoms with Crippen LogP contribution < -0.4 is 14.8 Å². The number of aromatic hydroxyl groups is 1. The molecule has 3 atom stereocenters. The lowest BCUT2D eigenvalue weighted by Gasteiger charge is -2.41. The molecule has 194 valence electrons. The summed E-state index contributed by atoms with van der Waals surface area (Å²) in [6, 6.07) is 16.0. The second kappa shape index (κ2) is 8.87. The highest BCUT2D eigenvalue weighted by atomic mass is 16.6. The summed E-state index contributed by atoms with van der Waals surface area (Å²) >= 11 is 0. The van der Waals surface area contributed by atoms with Crippen molar-refractivity contribution in [2.75, 3.05) is 26.1 Å². The van der Waals surface area contributed by atoms with E-state index in [-0.39, 0.29) is 35.6 Å². The van der Waals surface area contributed by atoms with E-state index in [9.17, 15) is 20.0 Å². The Balaban J connectivity index is 1.55. The van der Waals surface area contributed by atoms with Gasteiger partial charge in [0.15, 0.2) is 11.5 Å². The van der Waals surface area contributed by atoms with Crippen LogP contribution in [0.25, 0.3) is 10.9 Å². The monoisotopic (exact) mass is 516 g/mol. The number of anilines is 1. The summed E-state index contributed by atoms with van der Waals surface area (Å²) in [6.45, 7) is 0.144. The van der Waals surface area contributed by atoms with Crippen molar-refractivity contribution in [3.63, 3.8) is 0 Å². The van der Waals surface area contributed by atoms with Gasteiger partial charge < -0.3 is 29.6 Å². The zero-order valence-corrected chi connectivity index (χ0v) is 20.5. The van der Waals surface area contributed by atoms with E-state index in [0.29, 0.717) is 11.3 Å². The highest BCUT2D eigenvalue weighted by Gasteiger charge is 2.51. The number of cyclic esters (lactones) is 1. The molecule has 3 heterocycles. The van der Waals surface area contributed by atoms with E-state index in [1.54, 1.807) is 29.2 Å². The molecule has 0 spiro atoms. The molecule has 6 rings (SSSR count). The number of nitrogens with zero attached hydrogens (tertiary/aromatic N) is 2. The maximum atomic E-state index is 13.2. The minimum absolute atomic E-state index is 0.0109. The average Bonchev–Trinajstić information content (AvgIpc) is 3.50. The molecule has 4 aromatic rings. The summed E-state index contributed by atoms with van der Waals surface area (Å²) in [5.41, 5.74) is 3.95. The Kier molecular flexibility index (Phi) is 5.48. The molecule has 0 saturated carbocycles. The quantitative estimate of drug-likeness (QED) is 0.244. The first-order valence-electron chi connectivity index (χ1n) is 11.9. The van der Waals surface area contributed by atoms with E-state index in [1.165, 1.54) is 26.4 Å². The first kappa shape index (κ1) is 23.5. The molecule has 0 radical (unpaired) electrons. The standard InChI is InChI=1S/C27H24N4O7/c1-36-20-11-14(12-21(37-2)26(20)32)25-24-22(17-5-3-4-6-18(17)29-24)23(19-13-38-27(33)30(19)25)28-15-7-9-16(10-8-15)31(34)35/h3-12,19,23,25,28-29,32H,13H2,1-2H3/t19-,23?,25-/m1/s1. The molecule has 11 heteroatoms. The maximum Gasteiger partial charge on any atom is 0.411 e. The SMILES string of the molecule is COc1cc([C@@H]2c3[nH]c4ccccc4c3C(Nc3ccc([N+](=O)[O-])cc3)[C@H]3COC(=O)N23)cc(OC)c1O. The number of ether oxygens (including phenoxy) is 3. The number of fused-ring (bicyclic) bond motifs is 4. The van der Waals surface area contributed by atoms with Crippen molar-refractivity contribution in [2.24, 2.45) is 0 Å². The number of methoxy groups -OCH3 is 2. The number of rotatable bonds is 6. The molecule has 1 saturated heterocycles. The topological polar surface area (TPSA) is 139 Å². The average molecular weight is 517 g/mol. The number of phenolic OH excluding ortho intramolecular Hbond substituents is 1. The number of para-hydroxylation sites is 1. The summed E-state index contributed by atoms with van der Waals surface area (Å²) in [5, 5.41) is 26.1. The van der Waals surface area contributed by atoms with Gasteiger partial charge in [0, 0.05) is 40.0 Å². The minimum Gasteiger partial charge on any atom is -0.502 e. The number of carbonyl (C=O) groups excluding carboxylic acids is 1. The molecule has 11 nitrogen and oxygen atoms in total. The van der Waals surface area contributed by atoms with Crippen molar-refractivity contribution in [3.05, 3.63) is 87.6 Å². The Morgan fingerprint density at radius 3 is 2.45 bits per heavy atom. The fourth-order valence-electron chi connectivity index (χ4n) is 5.49. The van der Waals surface area contributed by atoms with E-state index >= 15 is 0 Å². The van der Waals surface area contributed by atoms with E-state index < -0.39 is 23.1 Å². The van der Waals surface area contributed by atoms with E-state index in [2.05, 4.69) is 10.3 Å². The molecule has 1 unspecified atom stereocenters. The first-order chi connectivity index (χ1) is 18.4. The molecule has 2 aliphatic heterocycles. The van der Waals surface area contributed by atoms with Crippen molar-refractivity contribution in [2.45, 2.75) is 18.1 Å². The van der Waals surface area contributed by atoms with Gasteiger partial charge in [0.1, 0.15) is 12.6 Å². The lowest BCUT2D eigenvalue weighted by molar-refractivity contribution is -0.384. The lowest BCUT2D eigenvalue weighted by atomic mass is 9.85. The van der Waals surface area contributed by atoms with Crippen LogP contribution in [-0.2, 0) is 4.74 Å². The first-order valence-corrected chi connectivity index (χ1v) is 11.9. The van der Waals surface area contributed by atoms with Gasteiger partial charge in [-0.25, -0.2) is 4.79 Å². The van der Waals surface area contributed by atoms with Crippen molar-refractivity contribution < 1.29 is 29.0 Å². The third-order valence-electron chi connectivity index (χ3n) is 7.19. The molecule has 3 aromatic carbocycles. The van der Waals surface area contributed by atoms with E-state index in [4.69, 9.17) is 14.2 Å². The van der Waals surface area contributed by atoms with Crippen LogP contribution in [0.5, 0.6) is 17.2 Å². The fraction of sp³-hybridized carbons (Fsp3) is 0.222. The molecule has 0 bridgehead atoms. The third-order valence-corrected chi connectivity index (χ3v) is 7.19. The lowest BCUT2D eigenvalue weighted by Crippen LogP contribution is -2.47. The van der Waals surface area contributed by atoms with Crippen LogP contribution in [0, 0.1) is 10.1 Å². The molecule has 38 heavy (non-hydrogen) atoms. The molecule has 1 aromatic heterocycles. The number of hydrogen-bond acceptors (Lipinski definition) is 8. The van der Waals surface area contributed by atoms with Crippen LogP contribution in [0.4, 0.5) is 16.2 Å². The molecule has 2 aliphatic rings. The number of carbonyl (C=O) groups is 1. The Morgan fingerprint density at radius 2 is 1.79 bits per heavy atom. The Hall–Kier alpha value is -4.93. The van der Waals surface area contributed by atoms with Crippen molar-refractivity contribution in [1.29, 1.82) is 0 Å². The van der Waals surface area contributed by atoms with Gasteiger partial charge in [-0.2, -0.15) is 0 Å². The van der Waals surface area contributed by atoms with Gasteiger partial charge in [0.2, 0.25) is 5.75 Å². The van der Waals surface area contributed by atoms with Crippen LogP contribution in [0.1, 0.15) is 28.9 Å². The molecule has 1 amide bonds. The molecular weight excluding hydrogens is 492 g/mol. The fourth-order valence-corrected chi connectivity index (χ4v) is 5.49. The van der Waals surface area contributed by atoms with Gasteiger partial charge in [-0.15, -0.1) is 0 Å². The van der Waals surface area contributed by atoms with Crippen LogP contribution in [-0.4, -0.2) is 52.9 Å². The second-order valence-electron chi connectivity index (χ2n) is 9.15. The Morgan fingerprint density at radius 1 is 1.11 bits per heavy atom. The number of hydrogen-bond donors (Lipinski definition) is 3. The van der Waals surface area contributed by atoms with Crippen LogP contribution >= 0.6 is 0 Å². The van der Waals surface area contributed by atoms with Crippen molar-refractivity contribution in [3.8, 4) is 17.2 Å². The van der Waals surface area contributed by atoms with E-state index in [0.717, 1.165) is 22.2 Å². The van der Waals surface area contributed by atoms with E-state index in [1.807, 2.05) is 24.3 Å². The number of nitrogens with one attached hydrogen (secondary N) is 2. The number of H-pyrrole nitrogens is 1. The number of nitro benzene ring substituents is 1. The molecular formula is C27H24N4O7. The highest BCUT2D eigenvalue weighted by Crippen LogP contribution is 2.50. The van der Waals surface area contributed by atoms with Gasteiger partial charge in [0.25, 0.3) is 5.69 Å². The summed E-state index contributed by atoms with van der Waals surface area (Å²) in [7, 11) is 2.90. The summed E-state index contributed by atoms with van der Waals surface area (Å²) in [6.07, 6.45) is -0.481. The van der Waals surface area contributed by atoms with Crippen LogP contribution in [0.3, 0.4) is 0 Å². The predicted molar refractivity (Wildman–Crippen MR) is 138 cm³/mol. The smallest absolute Gasteiger partial charge is 0.411 e. The zero-order chi connectivity index (χ0) is 26.6. The summed E-state index contributed by atoms with van der Waals surface area (Å²) in [5.74, 6) is 0.296. The summed E-state index contributed by atoms with van der Waals surface area (Å²) in [4.78, 5) is 29.1. The number of phenols is 1. The third kappa shape index (κ3) is 3.54. The zero-order valence-electron chi connectivity index (χ0n) is 20.5. The molecule has 0 aliphatic carbocycles. The number of amides is 1. The predicted octanol–water partition coefficient (Wildman–Crippen LogP) is 4.88. The Labute approximate surface area is 216 Å². The van der Waals surface area contributed by atoms with Crippen LogP contribution in [0.15, 0.2) is 60.7 Å². The minimum atomic E-state index is -0.587. The van der Waals surface area contributed by atoms with Gasteiger partial charge in [-0.05, 0) is 35.9 Å². The number of nitro groups is 1. The highest BCUT2D eigenvalue weighted by molar-refractivity contribution is 5.88. The van der Waals surface area contributed by atoms with Crippen molar-refractivity contribution >= 4 is 28.4 Å². The Bertz CT molecular complexity index is 1540. The van der Waals surface area contributed by atoms with Gasteiger partial charge in [-0.1, -0.05) is 18.2 Å². The number of aromatic nitrogens is 1. The number of aromatic amines is 1. The summed E-state index contributed by atoms with van der Waals surface area (Å²) < 4.78 is 16.3. The molecule has 3 N–H and O–H groups in total. The van der Waals surface area contributed by atoms with Gasteiger partial charge in [-0.3, -0.25) is 15.0 Å². The van der Waals surface area contributed by atoms with Gasteiger partial charge in [0.05, 0.1) is 31.2 Å². The van der Waals surface area contributed by atoms with Crippen molar-refractivity contribution in [1.82, 2.24) is 9.88 Å². The van der Waals surface area contributed by atoms with Crippen LogP contribution in [0.2, 0.25) is 0 Å². The largest absolute Gasteiger partial charge is 0.502 e. The van der Waals surface area contributed by atoms with Gasteiger partial charge >= 0.3 is 6.09 Å². The number of benzene rings is 3. The molecule has 1 fully saturated rings.